The van der Waals surface area contributed by atoms with Crippen LogP contribution in [0, 0.1) is 6.92 Å². The second kappa shape index (κ2) is 6.57. The molecule has 1 nitrogen and oxygen atoms in total. The molecule has 0 saturated carbocycles. The number of fused-ring (bicyclic) bond motifs is 1. The number of unbranched alkanes of at least 4 members (excludes halogenated alkanes) is 1. The van der Waals surface area contributed by atoms with E-state index in [1.165, 1.54) is 36.0 Å². The molecule has 1 aliphatic heterocycles. The Morgan fingerprint density at radius 2 is 2.00 bits per heavy atom. The molecule has 0 bridgehead atoms. The van der Waals surface area contributed by atoms with Gasteiger partial charge < -0.3 is 4.74 Å². The molecule has 1 aromatic rings. The maximum atomic E-state index is 5.54. The summed E-state index contributed by atoms with van der Waals surface area (Å²) < 4.78 is 5.54. The second-order valence-electron chi connectivity index (χ2n) is 4.09. The summed E-state index contributed by atoms with van der Waals surface area (Å²) in [5.41, 5.74) is 4.30. The molecule has 0 N–H and O–H groups in total. The van der Waals surface area contributed by atoms with Crippen molar-refractivity contribution >= 4 is 0 Å². The first kappa shape index (κ1) is 13.1. The largest absolute Gasteiger partial charge is 0.493 e. The summed E-state index contributed by atoms with van der Waals surface area (Å²) in [7, 11) is 0. The van der Waals surface area contributed by atoms with Crippen molar-refractivity contribution < 1.29 is 4.74 Å². The van der Waals surface area contributed by atoms with Gasteiger partial charge in [-0.1, -0.05) is 33.3 Å². The van der Waals surface area contributed by atoms with E-state index in [0.717, 1.165) is 18.8 Å². The maximum Gasteiger partial charge on any atom is 0.122 e. The van der Waals surface area contributed by atoms with Gasteiger partial charge in [0.25, 0.3) is 0 Å². The van der Waals surface area contributed by atoms with E-state index >= 15 is 0 Å². The number of aryl methyl sites for hydroxylation is 2. The molecule has 0 amide bonds. The summed E-state index contributed by atoms with van der Waals surface area (Å²) in [6, 6.07) is 4.54. The average Bonchev–Trinajstić information content (AvgIpc) is 2.75. The topological polar surface area (TPSA) is 9.23 Å². The third-order valence-corrected chi connectivity index (χ3v) is 2.95. The van der Waals surface area contributed by atoms with Gasteiger partial charge in [0.15, 0.2) is 0 Å². The molecule has 0 aromatic heterocycles. The lowest BCUT2D eigenvalue weighted by atomic mass is 9.99. The van der Waals surface area contributed by atoms with Crippen molar-refractivity contribution in [3.05, 3.63) is 28.8 Å². The van der Waals surface area contributed by atoms with Gasteiger partial charge in [-0.15, -0.1) is 0 Å². The lowest BCUT2D eigenvalue weighted by Gasteiger charge is -2.07. The van der Waals surface area contributed by atoms with Gasteiger partial charge in [0.05, 0.1) is 6.61 Å². The van der Waals surface area contributed by atoms with Gasteiger partial charge in [-0.2, -0.15) is 0 Å². The van der Waals surface area contributed by atoms with Crippen molar-refractivity contribution in [3.8, 4) is 5.75 Å². The number of rotatable bonds is 3. The monoisotopic (exact) mass is 220 g/mol. The fraction of sp³-hybridized carbons (Fsp3) is 0.600. The fourth-order valence-electron chi connectivity index (χ4n) is 2.01. The minimum atomic E-state index is 0.867. The molecule has 0 saturated heterocycles. The molecule has 0 fully saturated rings. The zero-order valence-electron chi connectivity index (χ0n) is 11.1. The Balaban J connectivity index is 0.000000606. The lowest BCUT2D eigenvalue weighted by Crippen LogP contribution is -1.91. The van der Waals surface area contributed by atoms with Crippen molar-refractivity contribution in [1.82, 2.24) is 0 Å². The SMILES string of the molecule is CC.CCCCc1cc2c(cc1C)OCC2. The second-order valence-corrected chi connectivity index (χ2v) is 4.09. The van der Waals surface area contributed by atoms with Crippen molar-refractivity contribution in [3.63, 3.8) is 0 Å². The summed E-state index contributed by atoms with van der Waals surface area (Å²) in [5, 5.41) is 0. The van der Waals surface area contributed by atoms with Crippen molar-refractivity contribution in [1.29, 1.82) is 0 Å². The molecule has 0 aliphatic carbocycles. The number of ether oxygens (including phenoxy) is 1. The van der Waals surface area contributed by atoms with Gasteiger partial charge >= 0.3 is 0 Å². The highest BCUT2D eigenvalue weighted by Crippen LogP contribution is 2.29. The van der Waals surface area contributed by atoms with Crippen LogP contribution in [0.4, 0.5) is 0 Å². The van der Waals surface area contributed by atoms with Crippen molar-refractivity contribution in [2.75, 3.05) is 6.61 Å². The Morgan fingerprint density at radius 1 is 1.25 bits per heavy atom. The first-order chi connectivity index (χ1) is 7.81. The van der Waals surface area contributed by atoms with Crippen LogP contribution in [0.5, 0.6) is 5.75 Å². The van der Waals surface area contributed by atoms with Gasteiger partial charge in [0, 0.05) is 6.42 Å². The van der Waals surface area contributed by atoms with Gasteiger partial charge in [0.1, 0.15) is 5.75 Å². The Hall–Kier alpha value is -0.980. The molecule has 1 heterocycles. The molecule has 16 heavy (non-hydrogen) atoms. The number of benzene rings is 1. The van der Waals surface area contributed by atoms with Gasteiger partial charge in [-0.05, 0) is 42.5 Å². The van der Waals surface area contributed by atoms with E-state index in [9.17, 15) is 0 Å². The molecule has 1 aliphatic rings. The zero-order valence-corrected chi connectivity index (χ0v) is 11.1. The summed E-state index contributed by atoms with van der Waals surface area (Å²) in [6.07, 6.45) is 4.87. The van der Waals surface area contributed by atoms with Crippen molar-refractivity contribution in [2.24, 2.45) is 0 Å². The molecule has 2 rings (SSSR count). The molecule has 1 aromatic carbocycles. The Morgan fingerprint density at radius 3 is 2.69 bits per heavy atom. The van der Waals surface area contributed by atoms with Crippen LogP contribution in [0.3, 0.4) is 0 Å². The van der Waals surface area contributed by atoms with Gasteiger partial charge in [-0.3, -0.25) is 0 Å². The predicted octanol–water partition coefficient (Wildman–Crippen LogP) is 4.30. The quantitative estimate of drug-likeness (QED) is 0.738. The minimum absolute atomic E-state index is 0.867. The first-order valence-corrected chi connectivity index (χ1v) is 6.56. The maximum absolute atomic E-state index is 5.54. The third-order valence-electron chi connectivity index (χ3n) is 2.95. The highest BCUT2D eigenvalue weighted by atomic mass is 16.5. The van der Waals surface area contributed by atoms with Crippen LogP contribution >= 0.6 is 0 Å². The molecular weight excluding hydrogens is 196 g/mol. The predicted molar refractivity (Wildman–Crippen MR) is 70.3 cm³/mol. The van der Waals surface area contributed by atoms with Crippen LogP contribution in [-0.2, 0) is 12.8 Å². The van der Waals surface area contributed by atoms with Crippen molar-refractivity contribution in [2.45, 2.75) is 53.4 Å². The summed E-state index contributed by atoms with van der Waals surface area (Å²) in [4.78, 5) is 0. The van der Waals surface area contributed by atoms with Crippen LogP contribution in [0.1, 0.15) is 50.3 Å². The van der Waals surface area contributed by atoms with Gasteiger partial charge in [-0.25, -0.2) is 0 Å². The van der Waals surface area contributed by atoms with Crippen LogP contribution < -0.4 is 4.74 Å². The molecule has 0 radical (unpaired) electrons. The number of hydrogen-bond acceptors (Lipinski definition) is 1. The highest BCUT2D eigenvalue weighted by molar-refractivity contribution is 5.44. The molecule has 90 valence electrons. The third kappa shape index (κ3) is 3.01. The lowest BCUT2D eigenvalue weighted by molar-refractivity contribution is 0.356. The molecular formula is C15H24O. The molecule has 1 heteroatoms. The van der Waals surface area contributed by atoms with E-state index in [1.807, 2.05) is 13.8 Å². The number of hydrogen-bond donors (Lipinski definition) is 0. The van der Waals surface area contributed by atoms with E-state index in [2.05, 4.69) is 26.0 Å². The summed E-state index contributed by atoms with van der Waals surface area (Å²) in [6.45, 7) is 9.30. The standard InChI is InChI=1S/C13H18O.C2H6/c1-3-4-5-11-9-12-6-7-14-13(12)8-10(11)2;1-2/h8-9H,3-7H2,1-2H3;1-2H3. The highest BCUT2D eigenvalue weighted by Gasteiger charge is 2.13. The molecule has 0 atom stereocenters. The van der Waals surface area contributed by atoms with Crippen LogP contribution in [0.25, 0.3) is 0 Å². The van der Waals surface area contributed by atoms with Crippen LogP contribution in [0.15, 0.2) is 12.1 Å². The minimum Gasteiger partial charge on any atom is -0.493 e. The summed E-state index contributed by atoms with van der Waals surface area (Å²) in [5.74, 6) is 1.11. The Kier molecular flexibility index (Phi) is 5.37. The van der Waals surface area contributed by atoms with Gasteiger partial charge in [0.2, 0.25) is 0 Å². The first-order valence-electron chi connectivity index (χ1n) is 6.56. The fourth-order valence-corrected chi connectivity index (χ4v) is 2.01. The Labute approximate surface area is 99.8 Å². The smallest absolute Gasteiger partial charge is 0.122 e. The normalized spacial score (nSPS) is 12.5. The van der Waals surface area contributed by atoms with Crippen LogP contribution in [-0.4, -0.2) is 6.61 Å². The van der Waals surface area contributed by atoms with E-state index < -0.39 is 0 Å². The van der Waals surface area contributed by atoms with E-state index in [0.29, 0.717) is 0 Å². The molecule has 0 unspecified atom stereocenters. The summed E-state index contributed by atoms with van der Waals surface area (Å²) >= 11 is 0. The van der Waals surface area contributed by atoms with E-state index in [1.54, 1.807) is 0 Å². The van der Waals surface area contributed by atoms with Crippen LogP contribution in [0.2, 0.25) is 0 Å². The Bertz CT molecular complexity index is 328. The van der Waals surface area contributed by atoms with E-state index in [4.69, 9.17) is 4.74 Å². The zero-order chi connectivity index (χ0) is 12.0. The molecule has 0 spiro atoms. The van der Waals surface area contributed by atoms with E-state index in [-0.39, 0.29) is 0 Å². The average molecular weight is 220 g/mol.